The first-order valence-corrected chi connectivity index (χ1v) is 11.3. The summed E-state index contributed by atoms with van der Waals surface area (Å²) in [6.45, 7) is 1.70. The van der Waals surface area contributed by atoms with Gasteiger partial charge in [-0.2, -0.15) is 0 Å². The Bertz CT molecular complexity index is 1070. The standard InChI is InChI=1S/C24H25BrN4O3/c25-19-6-7-22-18(11-19)13-29(23(30)8-9-24(31)32)21(10-17-4-2-1-3-5-17)15-28(22)14-20-12-26-16-27-20/h1-7,11-12,16,21H,8-10,13-15H2,(H,26,27)(H,31,32)/t21-/m1/s1. The van der Waals surface area contributed by atoms with Gasteiger partial charge in [-0.05, 0) is 35.7 Å². The highest BCUT2D eigenvalue weighted by Crippen LogP contribution is 2.32. The fourth-order valence-corrected chi connectivity index (χ4v) is 4.60. The van der Waals surface area contributed by atoms with Gasteiger partial charge in [0.15, 0.2) is 0 Å². The lowest BCUT2D eigenvalue weighted by molar-refractivity contribution is -0.141. The number of carboxylic acid groups (broad SMARTS) is 1. The molecule has 166 valence electrons. The Labute approximate surface area is 195 Å². The number of aromatic amines is 1. The van der Waals surface area contributed by atoms with E-state index in [4.69, 9.17) is 5.11 Å². The van der Waals surface area contributed by atoms with Crippen molar-refractivity contribution in [1.29, 1.82) is 0 Å². The van der Waals surface area contributed by atoms with Crippen LogP contribution >= 0.6 is 15.9 Å². The van der Waals surface area contributed by atoms with E-state index in [1.807, 2.05) is 41.4 Å². The van der Waals surface area contributed by atoms with Gasteiger partial charge in [0.25, 0.3) is 0 Å². The number of amides is 1. The van der Waals surface area contributed by atoms with Crippen molar-refractivity contribution in [1.82, 2.24) is 14.9 Å². The number of fused-ring (bicyclic) bond motifs is 1. The molecule has 3 aromatic rings. The predicted octanol–water partition coefficient (Wildman–Crippen LogP) is 4.00. The molecule has 0 bridgehead atoms. The summed E-state index contributed by atoms with van der Waals surface area (Å²) < 4.78 is 0.942. The van der Waals surface area contributed by atoms with Gasteiger partial charge < -0.3 is 19.9 Å². The number of carbonyl (C=O) groups excluding carboxylic acids is 1. The third-order valence-corrected chi connectivity index (χ3v) is 6.19. The van der Waals surface area contributed by atoms with Crippen LogP contribution in [0.2, 0.25) is 0 Å². The van der Waals surface area contributed by atoms with Gasteiger partial charge in [-0.25, -0.2) is 4.98 Å². The molecule has 32 heavy (non-hydrogen) atoms. The zero-order chi connectivity index (χ0) is 22.5. The van der Waals surface area contributed by atoms with Crippen molar-refractivity contribution < 1.29 is 14.7 Å². The molecule has 2 heterocycles. The second-order valence-electron chi connectivity index (χ2n) is 7.99. The fraction of sp³-hybridized carbons (Fsp3) is 0.292. The molecule has 0 fully saturated rings. The number of benzene rings is 2. The van der Waals surface area contributed by atoms with Crippen LogP contribution in [0.25, 0.3) is 0 Å². The molecule has 1 aliphatic rings. The van der Waals surface area contributed by atoms with Crippen LogP contribution in [0.3, 0.4) is 0 Å². The molecule has 8 heteroatoms. The van der Waals surface area contributed by atoms with E-state index in [0.717, 1.165) is 27.0 Å². The summed E-state index contributed by atoms with van der Waals surface area (Å²) in [5.41, 5.74) is 4.22. The zero-order valence-corrected chi connectivity index (χ0v) is 19.2. The van der Waals surface area contributed by atoms with Gasteiger partial charge in [-0.3, -0.25) is 9.59 Å². The number of imidazole rings is 1. The summed E-state index contributed by atoms with van der Waals surface area (Å²) in [7, 11) is 0. The molecule has 1 atom stereocenters. The Hall–Kier alpha value is -3.13. The number of nitrogens with zero attached hydrogens (tertiary/aromatic N) is 3. The van der Waals surface area contributed by atoms with Crippen LogP contribution in [0.15, 0.2) is 65.5 Å². The molecule has 1 aliphatic heterocycles. The minimum absolute atomic E-state index is 0.00942. The van der Waals surface area contributed by atoms with E-state index in [0.29, 0.717) is 26.1 Å². The lowest BCUT2D eigenvalue weighted by atomic mass is 10.0. The number of rotatable bonds is 7. The number of aromatic nitrogens is 2. The van der Waals surface area contributed by atoms with Crippen molar-refractivity contribution in [3.05, 3.63) is 82.3 Å². The maximum Gasteiger partial charge on any atom is 0.303 e. The topological polar surface area (TPSA) is 89.5 Å². The molecule has 0 spiro atoms. The van der Waals surface area contributed by atoms with Crippen molar-refractivity contribution in [2.24, 2.45) is 0 Å². The van der Waals surface area contributed by atoms with Crippen LogP contribution in [0.4, 0.5) is 5.69 Å². The van der Waals surface area contributed by atoms with Gasteiger partial charge in [0, 0.05) is 35.9 Å². The lowest BCUT2D eigenvalue weighted by Gasteiger charge is -2.33. The van der Waals surface area contributed by atoms with Gasteiger partial charge in [0.2, 0.25) is 5.91 Å². The monoisotopic (exact) mass is 496 g/mol. The summed E-state index contributed by atoms with van der Waals surface area (Å²) >= 11 is 3.56. The number of nitrogens with one attached hydrogen (secondary N) is 1. The summed E-state index contributed by atoms with van der Waals surface area (Å²) in [5, 5.41) is 9.10. The Morgan fingerprint density at radius 1 is 1.16 bits per heavy atom. The molecule has 2 N–H and O–H groups in total. The Morgan fingerprint density at radius 2 is 1.97 bits per heavy atom. The Kier molecular flexibility index (Phi) is 6.90. The van der Waals surface area contributed by atoms with E-state index in [-0.39, 0.29) is 24.8 Å². The van der Waals surface area contributed by atoms with Crippen molar-refractivity contribution in [2.75, 3.05) is 11.4 Å². The minimum atomic E-state index is -0.961. The highest BCUT2D eigenvalue weighted by atomic mass is 79.9. The molecular weight excluding hydrogens is 472 g/mol. The van der Waals surface area contributed by atoms with E-state index in [1.165, 1.54) is 0 Å². The highest BCUT2D eigenvalue weighted by Gasteiger charge is 2.31. The number of carboxylic acids is 1. The molecule has 4 rings (SSSR count). The molecule has 1 aromatic heterocycles. The SMILES string of the molecule is O=C(O)CCC(=O)N1Cc2cc(Br)ccc2N(Cc2cnc[nH]2)C[C@H]1Cc1ccccc1. The van der Waals surface area contributed by atoms with E-state index in [2.05, 4.69) is 49.0 Å². The molecule has 1 amide bonds. The fourth-order valence-electron chi connectivity index (χ4n) is 4.19. The third-order valence-electron chi connectivity index (χ3n) is 5.70. The molecule has 7 nitrogen and oxygen atoms in total. The number of hydrogen-bond acceptors (Lipinski definition) is 4. The van der Waals surface area contributed by atoms with E-state index >= 15 is 0 Å². The third kappa shape index (κ3) is 5.37. The smallest absolute Gasteiger partial charge is 0.303 e. The van der Waals surface area contributed by atoms with Crippen LogP contribution in [0.5, 0.6) is 0 Å². The molecular formula is C24H25BrN4O3. The van der Waals surface area contributed by atoms with E-state index in [9.17, 15) is 9.59 Å². The van der Waals surface area contributed by atoms with Crippen molar-refractivity contribution in [3.63, 3.8) is 0 Å². The first-order chi connectivity index (χ1) is 15.5. The van der Waals surface area contributed by atoms with Gasteiger partial charge >= 0.3 is 5.97 Å². The minimum Gasteiger partial charge on any atom is -0.481 e. The molecule has 0 saturated heterocycles. The quantitative estimate of drug-likeness (QED) is 0.515. The largest absolute Gasteiger partial charge is 0.481 e. The normalized spacial score (nSPS) is 15.8. The van der Waals surface area contributed by atoms with Crippen LogP contribution in [0, 0.1) is 0 Å². The maximum absolute atomic E-state index is 13.2. The summed E-state index contributed by atoms with van der Waals surface area (Å²) in [5.74, 6) is -1.10. The van der Waals surface area contributed by atoms with Crippen LogP contribution in [-0.4, -0.2) is 44.4 Å². The van der Waals surface area contributed by atoms with Gasteiger partial charge in [0.1, 0.15) is 0 Å². The van der Waals surface area contributed by atoms with E-state index < -0.39 is 5.97 Å². The highest BCUT2D eigenvalue weighted by molar-refractivity contribution is 9.10. The Morgan fingerprint density at radius 3 is 2.69 bits per heavy atom. The van der Waals surface area contributed by atoms with Crippen LogP contribution in [0.1, 0.15) is 29.7 Å². The molecule has 2 aromatic carbocycles. The van der Waals surface area contributed by atoms with Gasteiger partial charge in [-0.15, -0.1) is 0 Å². The van der Waals surface area contributed by atoms with Gasteiger partial charge in [-0.1, -0.05) is 46.3 Å². The molecule has 0 saturated carbocycles. The van der Waals surface area contributed by atoms with Crippen molar-refractivity contribution >= 4 is 33.5 Å². The molecule has 0 aliphatic carbocycles. The first-order valence-electron chi connectivity index (χ1n) is 10.6. The molecule has 0 radical (unpaired) electrons. The number of H-pyrrole nitrogens is 1. The maximum atomic E-state index is 13.2. The van der Waals surface area contributed by atoms with Gasteiger partial charge in [0.05, 0.1) is 31.0 Å². The van der Waals surface area contributed by atoms with Crippen molar-refractivity contribution in [2.45, 2.75) is 38.4 Å². The average Bonchev–Trinajstić information content (AvgIpc) is 3.24. The number of carbonyl (C=O) groups is 2. The zero-order valence-electron chi connectivity index (χ0n) is 17.6. The molecule has 0 unspecified atom stereocenters. The van der Waals surface area contributed by atoms with E-state index in [1.54, 1.807) is 6.33 Å². The first kappa shape index (κ1) is 22.1. The number of halogens is 1. The van der Waals surface area contributed by atoms with Crippen LogP contribution < -0.4 is 4.90 Å². The lowest BCUT2D eigenvalue weighted by Crippen LogP contribution is -2.45. The number of hydrogen-bond donors (Lipinski definition) is 2. The number of aliphatic carboxylic acids is 1. The van der Waals surface area contributed by atoms with Crippen LogP contribution in [-0.2, 0) is 29.1 Å². The summed E-state index contributed by atoms with van der Waals surface area (Å²) in [6.07, 6.45) is 3.99. The Balaban J connectivity index is 1.70. The second-order valence-corrected chi connectivity index (χ2v) is 8.91. The number of anilines is 1. The predicted molar refractivity (Wildman–Crippen MR) is 125 cm³/mol. The summed E-state index contributed by atoms with van der Waals surface area (Å²) in [6, 6.07) is 16.1. The summed E-state index contributed by atoms with van der Waals surface area (Å²) in [4.78, 5) is 35.7. The second kappa shape index (κ2) is 9.99. The average molecular weight is 497 g/mol. The van der Waals surface area contributed by atoms with Crippen molar-refractivity contribution in [3.8, 4) is 0 Å².